The molecule has 7 heteroatoms. The quantitative estimate of drug-likeness (QED) is 0.428. The Morgan fingerprint density at radius 2 is 1.97 bits per heavy atom. The predicted molar refractivity (Wildman–Crippen MR) is 122 cm³/mol. The molecule has 0 unspecified atom stereocenters. The average Bonchev–Trinajstić information content (AvgIpc) is 3.40. The van der Waals surface area contributed by atoms with Crippen LogP contribution in [0, 0.1) is 6.92 Å². The number of benzene rings is 1. The van der Waals surface area contributed by atoms with Crippen molar-refractivity contribution < 1.29 is 14.6 Å². The molecule has 4 aromatic rings. The number of carboxylic acids is 1. The molecule has 3 heterocycles. The molecule has 4 rings (SSSR count). The molecular weight excluding hydrogens is 410 g/mol. The lowest BCUT2D eigenvalue weighted by atomic mass is 10.2. The van der Waals surface area contributed by atoms with E-state index in [2.05, 4.69) is 11.9 Å². The maximum absolute atomic E-state index is 11.8. The van der Waals surface area contributed by atoms with Gasteiger partial charge in [0.2, 0.25) is 0 Å². The number of aromatic carboxylic acids is 1. The number of pyridine rings is 1. The summed E-state index contributed by atoms with van der Waals surface area (Å²) in [6.07, 6.45) is 2.66. The van der Waals surface area contributed by atoms with Gasteiger partial charge in [0.15, 0.2) is 0 Å². The molecule has 3 aromatic heterocycles. The first-order valence-corrected chi connectivity index (χ1v) is 10.9. The van der Waals surface area contributed by atoms with E-state index in [1.165, 1.54) is 0 Å². The van der Waals surface area contributed by atoms with Crippen LogP contribution >= 0.6 is 11.3 Å². The van der Waals surface area contributed by atoms with Gasteiger partial charge >= 0.3 is 5.97 Å². The van der Waals surface area contributed by atoms with Crippen LogP contribution in [0.5, 0.6) is 5.75 Å². The van der Waals surface area contributed by atoms with E-state index < -0.39 is 5.97 Å². The summed E-state index contributed by atoms with van der Waals surface area (Å²) in [4.78, 5) is 21.0. The Morgan fingerprint density at radius 3 is 2.65 bits per heavy atom. The number of hydrogen-bond donors (Lipinski definition) is 1. The van der Waals surface area contributed by atoms with Crippen LogP contribution in [-0.4, -0.2) is 32.7 Å². The number of aryl methyl sites for hydroxylation is 1. The van der Waals surface area contributed by atoms with Gasteiger partial charge in [-0.25, -0.2) is 9.78 Å². The summed E-state index contributed by atoms with van der Waals surface area (Å²) in [5.74, 6) is -0.156. The number of thiazole rings is 1. The number of aromatic nitrogens is 3. The van der Waals surface area contributed by atoms with Crippen molar-refractivity contribution in [2.45, 2.75) is 26.8 Å². The zero-order valence-electron chi connectivity index (χ0n) is 17.6. The van der Waals surface area contributed by atoms with E-state index >= 15 is 0 Å². The zero-order chi connectivity index (χ0) is 22.0. The molecule has 0 aliphatic rings. The molecule has 0 spiro atoms. The van der Waals surface area contributed by atoms with E-state index in [9.17, 15) is 9.90 Å². The highest BCUT2D eigenvalue weighted by atomic mass is 32.1. The normalized spacial score (nSPS) is 10.9. The van der Waals surface area contributed by atoms with E-state index in [1.807, 2.05) is 53.3 Å². The standard InChI is InChI=1S/C24H23N3O3S/c1-4-18-11-17(9-10-25-18)23-26-21(14-31-23)22-12-20(24(28)29)15(2)27(22)13-16-5-7-19(30-3)8-6-16/h5-12,14H,4,13H2,1-3H3,(H,28,29). The Labute approximate surface area is 184 Å². The second-order valence-electron chi connectivity index (χ2n) is 7.20. The van der Waals surface area contributed by atoms with Gasteiger partial charge in [0.25, 0.3) is 0 Å². The number of rotatable bonds is 7. The Hall–Kier alpha value is -3.45. The smallest absolute Gasteiger partial charge is 0.337 e. The third-order valence-corrected chi connectivity index (χ3v) is 6.18. The Kier molecular flexibility index (Phi) is 5.86. The van der Waals surface area contributed by atoms with Crippen LogP contribution in [0.15, 0.2) is 54.0 Å². The summed E-state index contributed by atoms with van der Waals surface area (Å²) in [5.41, 5.74) is 5.62. The van der Waals surface area contributed by atoms with Gasteiger partial charge in [0.05, 0.1) is 24.1 Å². The van der Waals surface area contributed by atoms with Crippen LogP contribution in [0.3, 0.4) is 0 Å². The summed E-state index contributed by atoms with van der Waals surface area (Å²) in [7, 11) is 1.63. The second-order valence-corrected chi connectivity index (χ2v) is 8.05. The first-order valence-electron chi connectivity index (χ1n) is 9.97. The lowest BCUT2D eigenvalue weighted by Crippen LogP contribution is -2.06. The molecule has 1 aromatic carbocycles. The van der Waals surface area contributed by atoms with Gasteiger partial charge in [-0.15, -0.1) is 11.3 Å². The number of carbonyl (C=O) groups is 1. The van der Waals surface area contributed by atoms with Crippen LogP contribution in [0.2, 0.25) is 0 Å². The maximum atomic E-state index is 11.8. The molecule has 0 atom stereocenters. The highest BCUT2D eigenvalue weighted by Crippen LogP contribution is 2.32. The topological polar surface area (TPSA) is 77.2 Å². The summed E-state index contributed by atoms with van der Waals surface area (Å²) in [5, 5.41) is 12.5. The van der Waals surface area contributed by atoms with Gasteiger partial charge in [-0.2, -0.15) is 0 Å². The number of ether oxygens (including phenoxy) is 1. The third-order valence-electron chi connectivity index (χ3n) is 5.29. The largest absolute Gasteiger partial charge is 0.497 e. The molecular formula is C24H23N3O3S. The van der Waals surface area contributed by atoms with Crippen molar-refractivity contribution in [3.63, 3.8) is 0 Å². The van der Waals surface area contributed by atoms with Crippen LogP contribution in [0.1, 0.15) is 34.2 Å². The minimum absolute atomic E-state index is 0.287. The lowest BCUT2D eigenvalue weighted by Gasteiger charge is -2.11. The fraction of sp³-hybridized carbons (Fsp3) is 0.208. The molecule has 0 bridgehead atoms. The SMILES string of the molecule is CCc1cc(-c2nc(-c3cc(C(=O)O)c(C)n3Cc3ccc(OC)cc3)cs2)ccn1. The van der Waals surface area contributed by atoms with Crippen LogP contribution in [0.4, 0.5) is 0 Å². The van der Waals surface area contributed by atoms with E-state index in [0.29, 0.717) is 12.2 Å². The van der Waals surface area contributed by atoms with Crippen molar-refractivity contribution in [3.8, 4) is 27.7 Å². The minimum Gasteiger partial charge on any atom is -0.497 e. The Morgan fingerprint density at radius 1 is 1.19 bits per heavy atom. The highest BCUT2D eigenvalue weighted by molar-refractivity contribution is 7.13. The molecule has 0 saturated heterocycles. The van der Waals surface area contributed by atoms with E-state index in [-0.39, 0.29) is 5.56 Å². The van der Waals surface area contributed by atoms with Gasteiger partial charge in [0, 0.05) is 35.1 Å². The number of hydrogen-bond acceptors (Lipinski definition) is 5. The molecule has 31 heavy (non-hydrogen) atoms. The Balaban J connectivity index is 1.74. The van der Waals surface area contributed by atoms with Crippen molar-refractivity contribution in [2.24, 2.45) is 0 Å². The number of nitrogens with zero attached hydrogens (tertiary/aromatic N) is 3. The van der Waals surface area contributed by atoms with Crippen LogP contribution < -0.4 is 4.74 Å². The molecule has 158 valence electrons. The zero-order valence-corrected chi connectivity index (χ0v) is 18.4. The van der Waals surface area contributed by atoms with Crippen molar-refractivity contribution in [1.29, 1.82) is 0 Å². The van der Waals surface area contributed by atoms with E-state index in [1.54, 1.807) is 30.7 Å². The lowest BCUT2D eigenvalue weighted by molar-refractivity contribution is 0.0696. The second kappa shape index (κ2) is 8.73. The first-order chi connectivity index (χ1) is 15.0. The highest BCUT2D eigenvalue weighted by Gasteiger charge is 2.20. The first kappa shape index (κ1) is 20.8. The van der Waals surface area contributed by atoms with Gasteiger partial charge in [-0.1, -0.05) is 19.1 Å². The fourth-order valence-electron chi connectivity index (χ4n) is 3.52. The number of methoxy groups -OCH3 is 1. The molecule has 0 aliphatic carbocycles. The fourth-order valence-corrected chi connectivity index (χ4v) is 4.33. The Bertz CT molecular complexity index is 1230. The van der Waals surface area contributed by atoms with Crippen LogP contribution in [0.25, 0.3) is 22.0 Å². The maximum Gasteiger partial charge on any atom is 0.337 e. The van der Waals surface area contributed by atoms with Crippen LogP contribution in [-0.2, 0) is 13.0 Å². The number of carboxylic acid groups (broad SMARTS) is 1. The van der Waals surface area contributed by atoms with Crippen molar-refractivity contribution in [3.05, 3.63) is 76.6 Å². The van der Waals surface area contributed by atoms with E-state index in [0.717, 1.165) is 45.4 Å². The summed E-state index contributed by atoms with van der Waals surface area (Å²) in [6.45, 7) is 4.45. The third kappa shape index (κ3) is 4.22. The van der Waals surface area contributed by atoms with Gasteiger partial charge in [-0.05, 0) is 49.2 Å². The molecule has 0 saturated carbocycles. The summed E-state index contributed by atoms with van der Waals surface area (Å²) in [6, 6.07) is 13.5. The summed E-state index contributed by atoms with van der Waals surface area (Å²) < 4.78 is 7.24. The molecule has 1 N–H and O–H groups in total. The summed E-state index contributed by atoms with van der Waals surface area (Å²) >= 11 is 1.54. The predicted octanol–water partition coefficient (Wildman–Crippen LogP) is 5.30. The average molecular weight is 434 g/mol. The van der Waals surface area contributed by atoms with Crippen molar-refractivity contribution >= 4 is 17.3 Å². The van der Waals surface area contributed by atoms with Crippen molar-refractivity contribution in [2.75, 3.05) is 7.11 Å². The molecule has 0 fully saturated rings. The van der Waals surface area contributed by atoms with Gasteiger partial charge in [0.1, 0.15) is 10.8 Å². The molecule has 0 radical (unpaired) electrons. The van der Waals surface area contributed by atoms with Crippen molar-refractivity contribution in [1.82, 2.24) is 14.5 Å². The minimum atomic E-state index is -0.940. The molecule has 0 amide bonds. The molecule has 6 nitrogen and oxygen atoms in total. The molecule has 0 aliphatic heterocycles. The monoisotopic (exact) mass is 433 g/mol. The van der Waals surface area contributed by atoms with Gasteiger partial charge in [-0.3, -0.25) is 4.98 Å². The van der Waals surface area contributed by atoms with Gasteiger partial charge < -0.3 is 14.4 Å². The van der Waals surface area contributed by atoms with E-state index in [4.69, 9.17) is 9.72 Å².